The summed E-state index contributed by atoms with van der Waals surface area (Å²) in [5.41, 5.74) is 0.943. The summed E-state index contributed by atoms with van der Waals surface area (Å²) in [6.45, 7) is 8.75. The van der Waals surface area contributed by atoms with Crippen molar-refractivity contribution in [3.8, 4) is 5.88 Å². The molecule has 0 spiro atoms. The Morgan fingerprint density at radius 3 is 2.84 bits per heavy atom. The third-order valence-electron chi connectivity index (χ3n) is 3.25. The highest BCUT2D eigenvalue weighted by atomic mass is 16.5. The van der Waals surface area contributed by atoms with E-state index in [1.165, 1.54) is 6.33 Å². The average molecular weight is 266 g/mol. The predicted molar refractivity (Wildman–Crippen MR) is 73.7 cm³/mol. The van der Waals surface area contributed by atoms with Crippen LogP contribution in [0.1, 0.15) is 12.5 Å². The number of anilines is 1. The highest BCUT2D eigenvalue weighted by Crippen LogP contribution is 2.20. The SMILES string of the molecule is COc1ncnc(NC(C)CN2CCOCC2)c1C. The summed E-state index contributed by atoms with van der Waals surface area (Å²) in [6.07, 6.45) is 1.52. The Labute approximate surface area is 114 Å². The minimum absolute atomic E-state index is 0.316. The van der Waals surface area contributed by atoms with E-state index in [1.807, 2.05) is 6.92 Å². The minimum Gasteiger partial charge on any atom is -0.481 e. The molecule has 2 rings (SSSR count). The van der Waals surface area contributed by atoms with Gasteiger partial charge >= 0.3 is 0 Å². The lowest BCUT2D eigenvalue weighted by molar-refractivity contribution is 0.0368. The zero-order valence-corrected chi connectivity index (χ0v) is 11.8. The van der Waals surface area contributed by atoms with Crippen LogP contribution in [0.2, 0.25) is 0 Å². The molecule has 0 radical (unpaired) electrons. The van der Waals surface area contributed by atoms with Crippen LogP contribution in [-0.4, -0.2) is 60.9 Å². The summed E-state index contributed by atoms with van der Waals surface area (Å²) in [4.78, 5) is 10.8. The molecular formula is C13H22N4O2. The third kappa shape index (κ3) is 3.78. The van der Waals surface area contributed by atoms with Crippen molar-refractivity contribution in [1.29, 1.82) is 0 Å². The van der Waals surface area contributed by atoms with Crippen molar-refractivity contribution >= 4 is 5.82 Å². The number of nitrogens with one attached hydrogen (secondary N) is 1. The van der Waals surface area contributed by atoms with Gasteiger partial charge in [-0.1, -0.05) is 0 Å². The number of methoxy groups -OCH3 is 1. The second-order valence-electron chi connectivity index (χ2n) is 4.81. The van der Waals surface area contributed by atoms with E-state index >= 15 is 0 Å². The largest absolute Gasteiger partial charge is 0.481 e. The van der Waals surface area contributed by atoms with Crippen molar-refractivity contribution in [3.05, 3.63) is 11.9 Å². The Balaban J connectivity index is 1.92. The maximum atomic E-state index is 5.35. The molecule has 0 amide bonds. The number of aromatic nitrogens is 2. The Hall–Kier alpha value is -1.40. The minimum atomic E-state index is 0.316. The van der Waals surface area contributed by atoms with E-state index in [0.29, 0.717) is 11.9 Å². The maximum Gasteiger partial charge on any atom is 0.221 e. The van der Waals surface area contributed by atoms with E-state index in [0.717, 1.165) is 44.2 Å². The molecule has 1 saturated heterocycles. The number of rotatable bonds is 5. The van der Waals surface area contributed by atoms with Crippen molar-refractivity contribution < 1.29 is 9.47 Å². The van der Waals surface area contributed by atoms with Gasteiger partial charge in [0, 0.05) is 25.7 Å². The molecule has 1 aliphatic rings. The Morgan fingerprint density at radius 1 is 1.42 bits per heavy atom. The molecule has 106 valence electrons. The van der Waals surface area contributed by atoms with E-state index in [2.05, 4.69) is 27.1 Å². The van der Waals surface area contributed by atoms with E-state index < -0.39 is 0 Å². The Morgan fingerprint density at radius 2 is 2.16 bits per heavy atom. The molecule has 1 aliphatic heterocycles. The Bertz CT molecular complexity index is 408. The molecule has 1 atom stereocenters. The standard InChI is InChI=1S/C13H22N4O2/c1-10(8-17-4-6-19-7-5-17)16-12-11(2)13(18-3)15-9-14-12/h9-10H,4-8H2,1-3H3,(H,14,15,16). The number of nitrogens with zero attached hydrogens (tertiary/aromatic N) is 3. The molecule has 0 aliphatic carbocycles. The van der Waals surface area contributed by atoms with Gasteiger partial charge in [-0.25, -0.2) is 9.97 Å². The van der Waals surface area contributed by atoms with Crippen LogP contribution >= 0.6 is 0 Å². The van der Waals surface area contributed by atoms with Crippen LogP contribution < -0.4 is 10.1 Å². The molecule has 0 aromatic carbocycles. The number of ether oxygens (including phenoxy) is 2. The lowest BCUT2D eigenvalue weighted by Gasteiger charge is -2.29. The molecule has 1 fully saturated rings. The lowest BCUT2D eigenvalue weighted by Crippen LogP contribution is -2.42. The van der Waals surface area contributed by atoms with Gasteiger partial charge < -0.3 is 14.8 Å². The van der Waals surface area contributed by atoms with Crippen molar-refractivity contribution in [3.63, 3.8) is 0 Å². The first-order chi connectivity index (χ1) is 9.20. The highest BCUT2D eigenvalue weighted by Gasteiger charge is 2.15. The van der Waals surface area contributed by atoms with Crippen molar-refractivity contribution in [2.75, 3.05) is 45.3 Å². The van der Waals surface area contributed by atoms with Crippen LogP contribution in [-0.2, 0) is 4.74 Å². The number of morpholine rings is 1. The van der Waals surface area contributed by atoms with Gasteiger partial charge in [-0.15, -0.1) is 0 Å². The van der Waals surface area contributed by atoms with Crippen LogP contribution in [0.4, 0.5) is 5.82 Å². The van der Waals surface area contributed by atoms with Crippen LogP contribution in [0.3, 0.4) is 0 Å². The van der Waals surface area contributed by atoms with Gasteiger partial charge in [0.2, 0.25) is 5.88 Å². The highest BCUT2D eigenvalue weighted by molar-refractivity contribution is 5.48. The van der Waals surface area contributed by atoms with E-state index in [-0.39, 0.29) is 0 Å². The summed E-state index contributed by atoms with van der Waals surface area (Å²) in [5.74, 6) is 1.46. The molecule has 1 N–H and O–H groups in total. The summed E-state index contributed by atoms with van der Waals surface area (Å²) in [6, 6.07) is 0.316. The fourth-order valence-electron chi connectivity index (χ4n) is 2.24. The summed E-state index contributed by atoms with van der Waals surface area (Å²) < 4.78 is 10.5. The smallest absolute Gasteiger partial charge is 0.221 e. The van der Waals surface area contributed by atoms with Gasteiger partial charge in [-0.2, -0.15) is 0 Å². The van der Waals surface area contributed by atoms with E-state index in [4.69, 9.17) is 9.47 Å². The summed E-state index contributed by atoms with van der Waals surface area (Å²) >= 11 is 0. The lowest BCUT2D eigenvalue weighted by atomic mass is 10.2. The first kappa shape index (κ1) is 14.0. The van der Waals surface area contributed by atoms with Gasteiger partial charge in [0.1, 0.15) is 12.1 Å². The van der Waals surface area contributed by atoms with Crippen LogP contribution in [0.25, 0.3) is 0 Å². The third-order valence-corrected chi connectivity index (χ3v) is 3.25. The van der Waals surface area contributed by atoms with Crippen LogP contribution in [0.15, 0.2) is 6.33 Å². The zero-order chi connectivity index (χ0) is 13.7. The topological polar surface area (TPSA) is 59.5 Å². The van der Waals surface area contributed by atoms with Gasteiger partial charge in [0.15, 0.2) is 0 Å². The van der Waals surface area contributed by atoms with E-state index in [1.54, 1.807) is 7.11 Å². The molecule has 19 heavy (non-hydrogen) atoms. The molecule has 0 saturated carbocycles. The Kier molecular flexibility index (Phi) is 4.93. The monoisotopic (exact) mass is 266 g/mol. The second-order valence-corrected chi connectivity index (χ2v) is 4.81. The van der Waals surface area contributed by atoms with Crippen molar-refractivity contribution in [2.24, 2.45) is 0 Å². The van der Waals surface area contributed by atoms with E-state index in [9.17, 15) is 0 Å². The zero-order valence-electron chi connectivity index (χ0n) is 11.8. The maximum absolute atomic E-state index is 5.35. The molecule has 6 nitrogen and oxygen atoms in total. The van der Waals surface area contributed by atoms with Gasteiger partial charge in [-0.05, 0) is 13.8 Å². The summed E-state index contributed by atoms with van der Waals surface area (Å²) in [5, 5.41) is 3.42. The quantitative estimate of drug-likeness (QED) is 0.855. The molecule has 0 bridgehead atoms. The molecule has 1 aromatic rings. The van der Waals surface area contributed by atoms with Gasteiger partial charge in [0.05, 0.1) is 25.9 Å². The molecule has 2 heterocycles. The van der Waals surface area contributed by atoms with Crippen molar-refractivity contribution in [2.45, 2.75) is 19.9 Å². The average Bonchev–Trinajstić information content (AvgIpc) is 2.42. The van der Waals surface area contributed by atoms with Gasteiger partial charge in [0.25, 0.3) is 0 Å². The fraction of sp³-hybridized carbons (Fsp3) is 0.692. The number of hydrogen-bond donors (Lipinski definition) is 1. The molecule has 1 unspecified atom stereocenters. The fourth-order valence-corrected chi connectivity index (χ4v) is 2.24. The molecule has 6 heteroatoms. The van der Waals surface area contributed by atoms with Crippen LogP contribution in [0.5, 0.6) is 5.88 Å². The van der Waals surface area contributed by atoms with Crippen molar-refractivity contribution in [1.82, 2.24) is 14.9 Å². The second kappa shape index (κ2) is 6.68. The number of hydrogen-bond acceptors (Lipinski definition) is 6. The first-order valence-electron chi connectivity index (χ1n) is 6.63. The van der Waals surface area contributed by atoms with Crippen LogP contribution in [0, 0.1) is 6.92 Å². The predicted octanol–water partition coefficient (Wildman–Crippen LogP) is 0.926. The molecular weight excluding hydrogens is 244 g/mol. The van der Waals surface area contributed by atoms with Gasteiger partial charge in [-0.3, -0.25) is 4.90 Å². The first-order valence-corrected chi connectivity index (χ1v) is 6.63. The summed E-state index contributed by atoms with van der Waals surface area (Å²) in [7, 11) is 1.62. The molecule has 1 aromatic heterocycles. The normalized spacial score (nSPS) is 18.1.